The maximum Gasteiger partial charge on any atom is 0.220 e. The molecule has 0 amide bonds. The zero-order chi connectivity index (χ0) is 10.8. The summed E-state index contributed by atoms with van der Waals surface area (Å²) in [6, 6.07) is 6.65. The van der Waals surface area contributed by atoms with Gasteiger partial charge in [0.05, 0.1) is 5.69 Å². The fraction of sp³-hybridized carbons (Fsp3) is 0.0909. The van der Waals surface area contributed by atoms with Crippen LogP contribution >= 0.6 is 0 Å². The minimum absolute atomic E-state index is 0.188. The maximum atomic E-state index is 13.3. The highest BCUT2D eigenvalue weighted by atomic mass is 19.1. The first kappa shape index (κ1) is 9.58. The molecule has 0 aliphatic heterocycles. The molecule has 0 spiro atoms. The standard InChI is InChI=1S/C11H10FN3/c1-7-2-3-8(6-9(7)12)10-4-5-14-11(13)15-10/h2-6H,1H3,(H2,13,14,15). The molecule has 2 N–H and O–H groups in total. The average Bonchev–Trinajstić information content (AvgIpc) is 2.22. The van der Waals surface area contributed by atoms with Crippen molar-refractivity contribution in [2.45, 2.75) is 6.92 Å². The normalized spacial score (nSPS) is 10.3. The van der Waals surface area contributed by atoms with Crippen molar-refractivity contribution in [3.05, 3.63) is 41.8 Å². The molecule has 76 valence electrons. The van der Waals surface area contributed by atoms with E-state index >= 15 is 0 Å². The molecular weight excluding hydrogens is 193 g/mol. The Morgan fingerprint density at radius 2 is 2.07 bits per heavy atom. The highest BCUT2D eigenvalue weighted by Gasteiger charge is 2.03. The molecule has 0 fully saturated rings. The van der Waals surface area contributed by atoms with E-state index in [1.165, 1.54) is 6.07 Å². The molecule has 0 aliphatic rings. The summed E-state index contributed by atoms with van der Waals surface area (Å²) < 4.78 is 13.3. The van der Waals surface area contributed by atoms with Crippen LogP contribution in [-0.4, -0.2) is 9.97 Å². The van der Waals surface area contributed by atoms with Crippen LogP contribution < -0.4 is 5.73 Å². The smallest absolute Gasteiger partial charge is 0.220 e. The van der Waals surface area contributed by atoms with E-state index < -0.39 is 0 Å². The summed E-state index contributed by atoms with van der Waals surface area (Å²) in [5, 5.41) is 0. The van der Waals surface area contributed by atoms with Gasteiger partial charge in [0.15, 0.2) is 0 Å². The van der Waals surface area contributed by atoms with Crippen molar-refractivity contribution in [1.29, 1.82) is 0 Å². The number of halogens is 1. The molecule has 2 aromatic rings. The number of nitrogen functional groups attached to an aromatic ring is 1. The van der Waals surface area contributed by atoms with E-state index in [1.54, 1.807) is 31.3 Å². The first-order chi connectivity index (χ1) is 7.16. The fourth-order valence-corrected chi connectivity index (χ4v) is 1.29. The van der Waals surface area contributed by atoms with Gasteiger partial charge in [-0.25, -0.2) is 14.4 Å². The molecule has 0 bridgehead atoms. The Hall–Kier alpha value is -1.97. The molecule has 1 aromatic heterocycles. The predicted molar refractivity (Wildman–Crippen MR) is 56.6 cm³/mol. The lowest BCUT2D eigenvalue weighted by molar-refractivity contribution is 0.619. The van der Waals surface area contributed by atoms with Gasteiger partial charge in [0, 0.05) is 11.8 Å². The number of rotatable bonds is 1. The molecule has 0 aliphatic carbocycles. The van der Waals surface area contributed by atoms with Crippen molar-refractivity contribution in [2.24, 2.45) is 0 Å². The Morgan fingerprint density at radius 1 is 1.27 bits per heavy atom. The largest absolute Gasteiger partial charge is 0.368 e. The monoisotopic (exact) mass is 203 g/mol. The Morgan fingerprint density at radius 3 is 2.73 bits per heavy atom. The van der Waals surface area contributed by atoms with Gasteiger partial charge in [-0.15, -0.1) is 0 Å². The Kier molecular flexibility index (Phi) is 2.33. The zero-order valence-corrected chi connectivity index (χ0v) is 8.24. The van der Waals surface area contributed by atoms with Crippen LogP contribution in [0.2, 0.25) is 0 Å². The molecule has 2 rings (SSSR count). The van der Waals surface area contributed by atoms with Gasteiger partial charge < -0.3 is 5.73 Å². The number of anilines is 1. The Labute approximate surface area is 86.8 Å². The third-order valence-corrected chi connectivity index (χ3v) is 2.14. The average molecular weight is 203 g/mol. The van der Waals surface area contributed by atoms with E-state index in [4.69, 9.17) is 5.73 Å². The molecule has 0 unspecified atom stereocenters. The third kappa shape index (κ3) is 1.93. The lowest BCUT2D eigenvalue weighted by Crippen LogP contribution is -1.95. The molecule has 3 nitrogen and oxygen atoms in total. The van der Waals surface area contributed by atoms with Gasteiger partial charge in [0.25, 0.3) is 0 Å². The first-order valence-corrected chi connectivity index (χ1v) is 4.52. The van der Waals surface area contributed by atoms with Crippen molar-refractivity contribution < 1.29 is 4.39 Å². The van der Waals surface area contributed by atoms with Gasteiger partial charge in [0.2, 0.25) is 5.95 Å². The van der Waals surface area contributed by atoms with Crippen LogP contribution in [0.25, 0.3) is 11.3 Å². The number of aromatic nitrogens is 2. The second-order valence-corrected chi connectivity index (χ2v) is 3.26. The van der Waals surface area contributed by atoms with Crippen molar-refractivity contribution in [3.8, 4) is 11.3 Å². The lowest BCUT2D eigenvalue weighted by Gasteiger charge is -2.02. The Bertz CT molecular complexity index is 497. The summed E-state index contributed by atoms with van der Waals surface area (Å²) in [6.07, 6.45) is 1.55. The predicted octanol–water partition coefficient (Wildman–Crippen LogP) is 2.17. The number of hydrogen-bond donors (Lipinski definition) is 1. The van der Waals surface area contributed by atoms with Crippen LogP contribution in [0.3, 0.4) is 0 Å². The van der Waals surface area contributed by atoms with E-state index in [-0.39, 0.29) is 11.8 Å². The van der Waals surface area contributed by atoms with E-state index in [1.807, 2.05) is 0 Å². The summed E-state index contributed by atoms with van der Waals surface area (Å²) >= 11 is 0. The highest BCUT2D eigenvalue weighted by molar-refractivity contribution is 5.60. The van der Waals surface area contributed by atoms with E-state index in [9.17, 15) is 4.39 Å². The molecule has 4 heteroatoms. The molecule has 1 heterocycles. The maximum absolute atomic E-state index is 13.3. The summed E-state index contributed by atoms with van der Waals surface area (Å²) in [4.78, 5) is 7.79. The van der Waals surface area contributed by atoms with Crippen LogP contribution in [0.1, 0.15) is 5.56 Å². The quantitative estimate of drug-likeness (QED) is 0.772. The van der Waals surface area contributed by atoms with Crippen molar-refractivity contribution >= 4 is 5.95 Å². The number of nitrogens with zero attached hydrogens (tertiary/aromatic N) is 2. The van der Waals surface area contributed by atoms with Gasteiger partial charge in [-0.2, -0.15) is 0 Å². The second-order valence-electron chi connectivity index (χ2n) is 3.26. The molecule has 15 heavy (non-hydrogen) atoms. The number of nitrogens with two attached hydrogens (primary N) is 1. The van der Waals surface area contributed by atoms with Crippen molar-refractivity contribution in [2.75, 3.05) is 5.73 Å². The number of aryl methyl sites for hydroxylation is 1. The zero-order valence-electron chi connectivity index (χ0n) is 8.24. The summed E-state index contributed by atoms with van der Waals surface area (Å²) in [5.41, 5.74) is 7.39. The van der Waals surface area contributed by atoms with Gasteiger partial charge in [0.1, 0.15) is 5.82 Å². The number of hydrogen-bond acceptors (Lipinski definition) is 3. The molecule has 0 saturated carbocycles. The third-order valence-electron chi connectivity index (χ3n) is 2.14. The van der Waals surface area contributed by atoms with Gasteiger partial charge in [-0.1, -0.05) is 12.1 Å². The van der Waals surface area contributed by atoms with Crippen molar-refractivity contribution in [1.82, 2.24) is 9.97 Å². The minimum atomic E-state index is -0.246. The second kappa shape index (κ2) is 3.65. The minimum Gasteiger partial charge on any atom is -0.368 e. The van der Waals surface area contributed by atoms with Crippen molar-refractivity contribution in [3.63, 3.8) is 0 Å². The SMILES string of the molecule is Cc1ccc(-c2ccnc(N)n2)cc1F. The number of benzene rings is 1. The van der Waals surface area contributed by atoms with E-state index in [0.29, 0.717) is 16.8 Å². The summed E-state index contributed by atoms with van der Waals surface area (Å²) in [6.45, 7) is 1.72. The fourth-order valence-electron chi connectivity index (χ4n) is 1.29. The molecule has 0 radical (unpaired) electrons. The van der Waals surface area contributed by atoms with Crippen LogP contribution in [-0.2, 0) is 0 Å². The van der Waals surface area contributed by atoms with Gasteiger partial charge >= 0.3 is 0 Å². The molecule has 1 aromatic carbocycles. The van der Waals surface area contributed by atoms with Crippen LogP contribution in [0.5, 0.6) is 0 Å². The first-order valence-electron chi connectivity index (χ1n) is 4.52. The summed E-state index contributed by atoms with van der Waals surface area (Å²) in [5.74, 6) is -0.0573. The summed E-state index contributed by atoms with van der Waals surface area (Å²) in [7, 11) is 0. The Balaban J connectivity index is 2.50. The van der Waals surface area contributed by atoms with E-state index in [0.717, 1.165) is 0 Å². The molecule has 0 atom stereocenters. The van der Waals surface area contributed by atoms with Gasteiger partial charge in [-0.3, -0.25) is 0 Å². The van der Waals surface area contributed by atoms with Crippen LogP contribution in [0.15, 0.2) is 30.5 Å². The van der Waals surface area contributed by atoms with E-state index in [2.05, 4.69) is 9.97 Å². The van der Waals surface area contributed by atoms with Crippen LogP contribution in [0, 0.1) is 12.7 Å². The van der Waals surface area contributed by atoms with Crippen LogP contribution in [0.4, 0.5) is 10.3 Å². The molecule has 0 saturated heterocycles. The highest BCUT2D eigenvalue weighted by Crippen LogP contribution is 2.19. The van der Waals surface area contributed by atoms with Gasteiger partial charge in [-0.05, 0) is 24.6 Å². The lowest BCUT2D eigenvalue weighted by atomic mass is 10.1. The molecular formula is C11H10FN3. The topological polar surface area (TPSA) is 51.8 Å².